The highest BCUT2D eigenvalue weighted by molar-refractivity contribution is 6.15. The Labute approximate surface area is 187 Å². The van der Waals surface area contributed by atoms with E-state index in [1.807, 2.05) is 32.0 Å². The summed E-state index contributed by atoms with van der Waals surface area (Å²) >= 11 is 0. The zero-order chi connectivity index (χ0) is 22.9. The smallest absolute Gasteiger partial charge is 0.260 e. The molecule has 0 unspecified atom stereocenters. The highest BCUT2D eigenvalue weighted by Gasteiger charge is 2.41. The molecule has 2 aromatic rings. The maximum atomic E-state index is 11.6. The third-order valence-electron chi connectivity index (χ3n) is 6.25. The van der Waals surface area contributed by atoms with Crippen molar-refractivity contribution in [2.45, 2.75) is 57.1 Å². The first-order chi connectivity index (χ1) is 15.3. The number of likely N-dealkylation sites (N-methyl/N-ethyl adjacent to an activating group) is 1. The van der Waals surface area contributed by atoms with Gasteiger partial charge in [-0.3, -0.25) is 4.79 Å². The molecule has 170 valence electrons. The molecular weight excluding hydrogens is 408 g/mol. The molecule has 1 aromatic carbocycles. The molecule has 0 radical (unpaired) electrons. The Hall–Kier alpha value is -3.20. The Morgan fingerprint density at radius 2 is 1.97 bits per heavy atom. The molecule has 4 rings (SSSR count). The van der Waals surface area contributed by atoms with Crippen molar-refractivity contribution in [2.75, 3.05) is 19.4 Å². The first-order valence-electron chi connectivity index (χ1n) is 10.9. The molecule has 0 spiro atoms. The second kappa shape index (κ2) is 8.74. The number of fused-ring (bicyclic) bond motifs is 3. The number of oxime groups is 1. The highest BCUT2D eigenvalue weighted by Crippen LogP contribution is 2.45. The van der Waals surface area contributed by atoms with Crippen molar-refractivity contribution in [3.63, 3.8) is 0 Å². The van der Waals surface area contributed by atoms with Crippen molar-refractivity contribution >= 4 is 17.4 Å². The zero-order valence-electron chi connectivity index (χ0n) is 18.7. The van der Waals surface area contributed by atoms with Gasteiger partial charge in [-0.1, -0.05) is 5.16 Å². The topological polar surface area (TPSA) is 138 Å². The van der Waals surface area contributed by atoms with Crippen LogP contribution in [-0.4, -0.2) is 47.4 Å². The molecule has 5 N–H and O–H groups in total. The molecule has 0 bridgehead atoms. The van der Waals surface area contributed by atoms with E-state index in [0.29, 0.717) is 11.5 Å². The fourth-order valence-corrected chi connectivity index (χ4v) is 4.46. The number of rotatable bonds is 5. The van der Waals surface area contributed by atoms with Crippen LogP contribution in [0.1, 0.15) is 50.7 Å². The quantitative estimate of drug-likeness (QED) is 0.608. The summed E-state index contributed by atoms with van der Waals surface area (Å²) in [4.78, 5) is 25.8. The highest BCUT2D eigenvalue weighted by atomic mass is 16.6. The largest absolute Gasteiger partial charge is 0.490 e. The first-order valence-corrected chi connectivity index (χ1v) is 10.9. The molecule has 0 aliphatic heterocycles. The van der Waals surface area contributed by atoms with Crippen LogP contribution in [0.15, 0.2) is 29.7 Å². The summed E-state index contributed by atoms with van der Waals surface area (Å²) in [5.41, 5.74) is 15.5. The van der Waals surface area contributed by atoms with E-state index in [0.717, 1.165) is 53.8 Å². The standard InChI is InChI=1S/C23H30N6O3/c1-23(2)19-20(27-12-28-22(19)25)16-9-8-15(32-14-6-4-13(24)5-7-14)10-17(16)21(23)29-31-11-18(30)26-3/h8-10,12-14H,4-7,11,24H2,1-3H3,(H,26,30)(H2,25,27,28)/b29-21+/t13-,14-. The van der Waals surface area contributed by atoms with E-state index in [1.54, 1.807) is 7.05 Å². The summed E-state index contributed by atoms with van der Waals surface area (Å²) in [6.45, 7) is 3.80. The van der Waals surface area contributed by atoms with Crippen LogP contribution < -0.4 is 21.5 Å². The Bertz CT molecular complexity index is 1040. The number of hydrogen-bond donors (Lipinski definition) is 3. The molecule has 1 aromatic heterocycles. The lowest BCUT2D eigenvalue weighted by atomic mass is 9.70. The fraction of sp³-hybridized carbons (Fsp3) is 0.478. The second-order valence-electron chi connectivity index (χ2n) is 8.86. The predicted molar refractivity (Wildman–Crippen MR) is 122 cm³/mol. The number of benzene rings is 1. The summed E-state index contributed by atoms with van der Waals surface area (Å²) in [6, 6.07) is 6.14. The van der Waals surface area contributed by atoms with Gasteiger partial charge in [0.1, 0.15) is 17.9 Å². The number of nitrogens with two attached hydrogens (primary N) is 2. The molecule has 1 heterocycles. The van der Waals surface area contributed by atoms with Gasteiger partial charge >= 0.3 is 0 Å². The molecule has 0 atom stereocenters. The maximum Gasteiger partial charge on any atom is 0.260 e. The van der Waals surface area contributed by atoms with Gasteiger partial charge in [0.25, 0.3) is 5.91 Å². The van der Waals surface area contributed by atoms with E-state index in [4.69, 9.17) is 21.0 Å². The van der Waals surface area contributed by atoms with Crippen LogP contribution in [0.3, 0.4) is 0 Å². The lowest BCUT2D eigenvalue weighted by Crippen LogP contribution is -2.36. The third kappa shape index (κ3) is 4.12. The van der Waals surface area contributed by atoms with Crippen LogP contribution in [0, 0.1) is 0 Å². The summed E-state index contributed by atoms with van der Waals surface area (Å²) in [6.07, 6.45) is 5.41. The monoisotopic (exact) mass is 438 g/mol. The second-order valence-corrected chi connectivity index (χ2v) is 8.86. The van der Waals surface area contributed by atoms with Gasteiger partial charge in [-0.15, -0.1) is 0 Å². The summed E-state index contributed by atoms with van der Waals surface area (Å²) in [7, 11) is 1.55. The molecule has 1 saturated carbocycles. The molecule has 1 amide bonds. The number of amides is 1. The van der Waals surface area contributed by atoms with Gasteiger partial charge in [-0.25, -0.2) is 9.97 Å². The normalized spacial score (nSPS) is 22.6. The maximum absolute atomic E-state index is 11.6. The average Bonchev–Trinajstić information content (AvgIpc) is 2.77. The number of anilines is 1. The Balaban J connectivity index is 1.75. The molecule has 2 aliphatic carbocycles. The van der Waals surface area contributed by atoms with E-state index in [9.17, 15) is 4.79 Å². The number of carbonyl (C=O) groups excluding carboxylic acids is 1. The molecular formula is C23H30N6O3. The van der Waals surface area contributed by atoms with Crippen molar-refractivity contribution in [1.82, 2.24) is 15.3 Å². The SMILES string of the molecule is CNC(=O)CO/N=C1\c2cc(O[C@H]3CC[C@H](N)CC3)ccc2-c2ncnc(N)c2C1(C)C. The minimum Gasteiger partial charge on any atom is -0.490 e. The van der Waals surface area contributed by atoms with Gasteiger partial charge in [0, 0.05) is 35.2 Å². The van der Waals surface area contributed by atoms with Crippen molar-refractivity contribution in [2.24, 2.45) is 10.9 Å². The number of nitrogens with zero attached hydrogens (tertiary/aromatic N) is 3. The van der Waals surface area contributed by atoms with Gasteiger partial charge in [-0.2, -0.15) is 0 Å². The lowest BCUT2D eigenvalue weighted by Gasteiger charge is -2.35. The van der Waals surface area contributed by atoms with Crippen LogP contribution in [0.2, 0.25) is 0 Å². The minimum absolute atomic E-state index is 0.139. The van der Waals surface area contributed by atoms with Gasteiger partial charge in [0.2, 0.25) is 0 Å². The number of ether oxygens (including phenoxy) is 1. The number of hydrogen-bond acceptors (Lipinski definition) is 8. The first kappa shape index (κ1) is 22.0. The predicted octanol–water partition coefficient (Wildman–Crippen LogP) is 2.13. The summed E-state index contributed by atoms with van der Waals surface area (Å²) < 4.78 is 6.29. The van der Waals surface area contributed by atoms with Gasteiger partial charge in [0.15, 0.2) is 6.61 Å². The van der Waals surface area contributed by atoms with Gasteiger partial charge in [0.05, 0.1) is 17.5 Å². The van der Waals surface area contributed by atoms with Crippen LogP contribution in [0.25, 0.3) is 11.3 Å². The Morgan fingerprint density at radius 1 is 1.22 bits per heavy atom. The minimum atomic E-state index is -0.646. The average molecular weight is 439 g/mol. The fourth-order valence-electron chi connectivity index (χ4n) is 4.46. The number of nitrogen functional groups attached to an aromatic ring is 1. The van der Waals surface area contributed by atoms with Crippen LogP contribution in [0.5, 0.6) is 5.75 Å². The molecule has 2 aliphatic rings. The third-order valence-corrected chi connectivity index (χ3v) is 6.25. The Morgan fingerprint density at radius 3 is 2.69 bits per heavy atom. The van der Waals surface area contributed by atoms with Crippen LogP contribution >= 0.6 is 0 Å². The zero-order valence-corrected chi connectivity index (χ0v) is 18.7. The lowest BCUT2D eigenvalue weighted by molar-refractivity contribution is -0.125. The number of nitrogens with one attached hydrogen (secondary N) is 1. The molecule has 1 fully saturated rings. The molecule has 9 nitrogen and oxygen atoms in total. The van der Waals surface area contributed by atoms with Crippen molar-refractivity contribution in [3.05, 3.63) is 35.7 Å². The van der Waals surface area contributed by atoms with E-state index in [1.165, 1.54) is 6.33 Å². The van der Waals surface area contributed by atoms with E-state index >= 15 is 0 Å². The van der Waals surface area contributed by atoms with Gasteiger partial charge in [-0.05, 0) is 57.7 Å². The molecule has 32 heavy (non-hydrogen) atoms. The van der Waals surface area contributed by atoms with Gasteiger partial charge < -0.3 is 26.4 Å². The Kier molecular flexibility index (Phi) is 6.01. The summed E-state index contributed by atoms with van der Waals surface area (Å²) in [5, 5.41) is 6.90. The van der Waals surface area contributed by atoms with E-state index in [2.05, 4.69) is 20.4 Å². The molecule has 9 heteroatoms. The summed E-state index contributed by atoms with van der Waals surface area (Å²) in [5.74, 6) is 0.882. The van der Waals surface area contributed by atoms with Crippen LogP contribution in [-0.2, 0) is 15.0 Å². The van der Waals surface area contributed by atoms with E-state index < -0.39 is 5.41 Å². The van der Waals surface area contributed by atoms with E-state index in [-0.39, 0.29) is 24.7 Å². The number of aromatic nitrogens is 2. The van der Waals surface area contributed by atoms with Crippen LogP contribution in [0.4, 0.5) is 5.82 Å². The van der Waals surface area contributed by atoms with Crippen molar-refractivity contribution in [3.8, 4) is 17.0 Å². The molecule has 0 saturated heterocycles. The van der Waals surface area contributed by atoms with Crippen molar-refractivity contribution in [1.29, 1.82) is 0 Å². The van der Waals surface area contributed by atoms with Crippen molar-refractivity contribution < 1.29 is 14.4 Å². The number of carbonyl (C=O) groups is 1.